The first kappa shape index (κ1) is 18.8. The molecule has 0 saturated heterocycles. The number of aryl methyl sites for hydroxylation is 1. The molecule has 0 bridgehead atoms. The Morgan fingerprint density at radius 2 is 1.93 bits per heavy atom. The second-order valence-electron chi connectivity index (χ2n) is 5.86. The molecule has 27 heavy (non-hydrogen) atoms. The molecule has 1 aromatic carbocycles. The summed E-state index contributed by atoms with van der Waals surface area (Å²) in [6, 6.07) is 3.95. The molecule has 0 spiro atoms. The van der Waals surface area contributed by atoms with Gasteiger partial charge in [-0.25, -0.2) is 13.8 Å². The van der Waals surface area contributed by atoms with Crippen LogP contribution >= 0.6 is 0 Å². The molecule has 0 aliphatic carbocycles. The molecule has 144 valence electrons. The van der Waals surface area contributed by atoms with Gasteiger partial charge in [0.25, 0.3) is 11.6 Å². The van der Waals surface area contributed by atoms with Gasteiger partial charge in [0.05, 0.1) is 6.04 Å². The van der Waals surface area contributed by atoms with E-state index in [9.17, 15) is 22.0 Å². The minimum Gasteiger partial charge on any atom is -0.488 e. The predicted molar refractivity (Wildman–Crippen MR) is 85.5 cm³/mol. The molecule has 3 rings (SSSR count). The zero-order valence-corrected chi connectivity index (χ0v) is 14.2. The Bertz CT molecular complexity index is 972. The van der Waals surface area contributed by atoms with E-state index in [-0.39, 0.29) is 24.0 Å². The van der Waals surface area contributed by atoms with Crippen LogP contribution in [0.3, 0.4) is 0 Å². The van der Waals surface area contributed by atoms with E-state index in [2.05, 4.69) is 20.4 Å². The summed E-state index contributed by atoms with van der Waals surface area (Å²) >= 11 is 0. The van der Waals surface area contributed by atoms with Crippen molar-refractivity contribution in [2.24, 2.45) is 0 Å². The van der Waals surface area contributed by atoms with Crippen LogP contribution in [0.5, 0.6) is 5.75 Å². The zero-order valence-electron chi connectivity index (χ0n) is 14.2. The fraction of sp³-hybridized carbons (Fsp3) is 0.312. The van der Waals surface area contributed by atoms with E-state index in [1.54, 1.807) is 13.8 Å². The Hall–Kier alpha value is -2.98. The number of fused-ring (bicyclic) bond motifs is 1. The number of nitrogens with one attached hydrogen (secondary N) is 1. The summed E-state index contributed by atoms with van der Waals surface area (Å²) in [6.45, 7) is 3.24. The van der Waals surface area contributed by atoms with E-state index in [0.717, 1.165) is 16.6 Å². The van der Waals surface area contributed by atoms with Gasteiger partial charge in [-0.15, -0.1) is 5.10 Å². The molecule has 1 N–H and O–H groups in total. The van der Waals surface area contributed by atoms with Gasteiger partial charge in [0.15, 0.2) is 11.6 Å². The Labute approximate surface area is 150 Å². The first-order valence-electron chi connectivity index (χ1n) is 7.79. The third-order valence-corrected chi connectivity index (χ3v) is 3.47. The molecule has 0 saturated carbocycles. The maximum atomic E-state index is 13.6. The molecule has 0 fully saturated rings. The van der Waals surface area contributed by atoms with Crippen LogP contribution in [-0.2, 0) is 6.18 Å². The van der Waals surface area contributed by atoms with Crippen molar-refractivity contribution in [1.29, 1.82) is 0 Å². The van der Waals surface area contributed by atoms with Crippen molar-refractivity contribution in [2.45, 2.75) is 26.1 Å². The summed E-state index contributed by atoms with van der Waals surface area (Å²) in [5.74, 6) is -3.01. The highest BCUT2D eigenvalue weighted by Gasteiger charge is 2.36. The number of halogens is 5. The summed E-state index contributed by atoms with van der Waals surface area (Å²) in [5, 5.41) is 6.36. The molecule has 0 amide bonds. The van der Waals surface area contributed by atoms with Gasteiger partial charge < -0.3 is 10.1 Å². The fourth-order valence-corrected chi connectivity index (χ4v) is 2.31. The standard InChI is InChI=1S/C16H14F5N5O/c1-8-5-13(26-15(23-8)24-14(25-26)16(19,20)21)22-9(2)7-27-12-4-3-10(17)6-11(12)18/h3-6,9,22H,7H2,1-2H3. The highest BCUT2D eigenvalue weighted by Crippen LogP contribution is 2.27. The smallest absolute Gasteiger partial charge is 0.453 e. The molecule has 3 aromatic rings. The lowest BCUT2D eigenvalue weighted by Crippen LogP contribution is -2.25. The number of rotatable bonds is 5. The Kier molecular flexibility index (Phi) is 4.85. The van der Waals surface area contributed by atoms with Gasteiger partial charge in [0.2, 0.25) is 0 Å². The molecule has 1 atom stereocenters. The van der Waals surface area contributed by atoms with Gasteiger partial charge in [-0.2, -0.15) is 22.7 Å². The third kappa shape index (κ3) is 4.23. The monoisotopic (exact) mass is 387 g/mol. The van der Waals surface area contributed by atoms with E-state index in [4.69, 9.17) is 4.74 Å². The van der Waals surface area contributed by atoms with Gasteiger partial charge in [-0.05, 0) is 26.0 Å². The van der Waals surface area contributed by atoms with E-state index >= 15 is 0 Å². The fourth-order valence-electron chi connectivity index (χ4n) is 2.31. The number of ether oxygens (including phenoxy) is 1. The van der Waals surface area contributed by atoms with E-state index in [1.165, 1.54) is 6.07 Å². The van der Waals surface area contributed by atoms with Gasteiger partial charge >= 0.3 is 6.18 Å². The van der Waals surface area contributed by atoms with Crippen LogP contribution in [0, 0.1) is 18.6 Å². The maximum absolute atomic E-state index is 13.6. The number of anilines is 1. The first-order chi connectivity index (χ1) is 12.6. The Morgan fingerprint density at radius 3 is 2.59 bits per heavy atom. The topological polar surface area (TPSA) is 64.3 Å². The second-order valence-corrected chi connectivity index (χ2v) is 5.86. The maximum Gasteiger partial charge on any atom is 0.453 e. The minimum absolute atomic E-state index is 0.0355. The Morgan fingerprint density at radius 1 is 1.19 bits per heavy atom. The van der Waals surface area contributed by atoms with Gasteiger partial charge in [0.1, 0.15) is 18.2 Å². The lowest BCUT2D eigenvalue weighted by atomic mass is 10.3. The van der Waals surface area contributed by atoms with Crippen molar-refractivity contribution in [3.63, 3.8) is 0 Å². The van der Waals surface area contributed by atoms with Crippen molar-refractivity contribution in [2.75, 3.05) is 11.9 Å². The Balaban J connectivity index is 1.77. The summed E-state index contributed by atoms with van der Waals surface area (Å²) in [7, 11) is 0. The van der Waals surface area contributed by atoms with E-state index in [1.807, 2.05) is 0 Å². The van der Waals surface area contributed by atoms with Crippen molar-refractivity contribution in [3.8, 4) is 5.75 Å². The first-order valence-corrected chi connectivity index (χ1v) is 7.79. The van der Waals surface area contributed by atoms with Crippen molar-refractivity contribution in [3.05, 3.63) is 47.4 Å². The van der Waals surface area contributed by atoms with Gasteiger partial charge in [-0.1, -0.05) is 0 Å². The van der Waals surface area contributed by atoms with Crippen LogP contribution in [0.4, 0.5) is 27.8 Å². The van der Waals surface area contributed by atoms with Crippen LogP contribution in [-0.4, -0.2) is 32.2 Å². The lowest BCUT2D eigenvalue weighted by Gasteiger charge is -2.17. The lowest BCUT2D eigenvalue weighted by molar-refractivity contribution is -0.144. The van der Waals surface area contributed by atoms with Gasteiger partial charge in [0, 0.05) is 17.8 Å². The van der Waals surface area contributed by atoms with Crippen LogP contribution < -0.4 is 10.1 Å². The normalized spacial score (nSPS) is 13.0. The van der Waals surface area contributed by atoms with E-state index < -0.39 is 29.7 Å². The molecule has 11 heteroatoms. The zero-order chi connectivity index (χ0) is 19.8. The van der Waals surface area contributed by atoms with Crippen molar-refractivity contribution >= 4 is 11.6 Å². The summed E-state index contributed by atoms with van der Waals surface area (Å²) in [6.07, 6.45) is -4.70. The molecule has 2 heterocycles. The number of hydrogen-bond donors (Lipinski definition) is 1. The molecule has 1 unspecified atom stereocenters. The number of hydrogen-bond acceptors (Lipinski definition) is 5. The van der Waals surface area contributed by atoms with E-state index in [0.29, 0.717) is 11.8 Å². The summed E-state index contributed by atoms with van der Waals surface area (Å²) < 4.78 is 71.2. The van der Waals surface area contributed by atoms with Crippen LogP contribution in [0.15, 0.2) is 24.3 Å². The number of benzene rings is 1. The van der Waals surface area contributed by atoms with Crippen LogP contribution in [0.2, 0.25) is 0 Å². The number of aromatic nitrogens is 4. The molecule has 2 aromatic heterocycles. The molecular formula is C16H14F5N5O. The largest absolute Gasteiger partial charge is 0.488 e. The average Bonchev–Trinajstić information content (AvgIpc) is 2.98. The molecule has 0 aliphatic heterocycles. The third-order valence-electron chi connectivity index (χ3n) is 3.47. The molecular weight excluding hydrogens is 373 g/mol. The highest BCUT2D eigenvalue weighted by atomic mass is 19.4. The van der Waals surface area contributed by atoms with Crippen molar-refractivity contribution < 1.29 is 26.7 Å². The second kappa shape index (κ2) is 6.97. The van der Waals surface area contributed by atoms with Crippen LogP contribution in [0.1, 0.15) is 18.4 Å². The number of alkyl halides is 3. The van der Waals surface area contributed by atoms with Crippen molar-refractivity contribution in [1.82, 2.24) is 19.6 Å². The molecule has 0 aliphatic rings. The summed E-state index contributed by atoms with van der Waals surface area (Å²) in [5.41, 5.74) is 0.434. The highest BCUT2D eigenvalue weighted by molar-refractivity contribution is 5.46. The molecule has 6 nitrogen and oxygen atoms in total. The molecule has 0 radical (unpaired) electrons. The number of nitrogens with zero attached hydrogens (tertiary/aromatic N) is 4. The van der Waals surface area contributed by atoms with Crippen LogP contribution in [0.25, 0.3) is 5.78 Å². The quantitative estimate of drug-likeness (QED) is 0.678. The van der Waals surface area contributed by atoms with Gasteiger partial charge in [-0.3, -0.25) is 0 Å². The summed E-state index contributed by atoms with van der Waals surface area (Å²) in [4.78, 5) is 7.31. The SMILES string of the molecule is Cc1cc(NC(C)COc2ccc(F)cc2F)n2nc(C(F)(F)F)nc2n1. The minimum atomic E-state index is -4.70. The predicted octanol–water partition coefficient (Wildman–Crippen LogP) is 3.61. The average molecular weight is 387 g/mol.